The van der Waals surface area contributed by atoms with Crippen LogP contribution in [0.4, 0.5) is 0 Å². The van der Waals surface area contributed by atoms with Crippen LogP contribution >= 0.6 is 23.7 Å². The molecule has 1 aliphatic heterocycles. The number of carbonyl (C=O) groups excluding carboxylic acids is 1. The Hall–Kier alpha value is -0.580. The van der Waals surface area contributed by atoms with Gasteiger partial charge in [-0.2, -0.15) is 0 Å². The predicted molar refractivity (Wildman–Crippen MR) is 69.7 cm³/mol. The lowest BCUT2D eigenvalue weighted by Crippen LogP contribution is -2.45. The molecule has 1 saturated heterocycles. The van der Waals surface area contributed by atoms with Crippen LogP contribution in [-0.4, -0.2) is 25.0 Å². The molecular formula is C11H17ClN2OS. The predicted octanol–water partition coefficient (Wildman–Crippen LogP) is 1.96. The first kappa shape index (κ1) is 13.5. The van der Waals surface area contributed by atoms with Gasteiger partial charge in [0.2, 0.25) is 0 Å². The van der Waals surface area contributed by atoms with Gasteiger partial charge in [-0.05, 0) is 38.4 Å². The molecule has 1 aromatic heterocycles. The Balaban J connectivity index is 0.00000128. The van der Waals surface area contributed by atoms with Crippen LogP contribution in [0.15, 0.2) is 12.1 Å². The number of hydrogen-bond acceptors (Lipinski definition) is 3. The number of halogens is 1. The molecule has 1 fully saturated rings. The number of piperidine rings is 1. The molecule has 3 nitrogen and oxygen atoms in total. The summed E-state index contributed by atoms with van der Waals surface area (Å²) in [7, 11) is 0. The normalized spacial score (nSPS) is 19.9. The topological polar surface area (TPSA) is 41.1 Å². The van der Waals surface area contributed by atoms with Crippen molar-refractivity contribution in [3.63, 3.8) is 0 Å². The summed E-state index contributed by atoms with van der Waals surface area (Å²) >= 11 is 1.55. The van der Waals surface area contributed by atoms with Crippen molar-refractivity contribution < 1.29 is 4.79 Å². The Bertz CT molecular complexity index is 348. The zero-order valence-electron chi connectivity index (χ0n) is 9.29. The van der Waals surface area contributed by atoms with Gasteiger partial charge < -0.3 is 10.6 Å². The molecule has 0 saturated carbocycles. The molecule has 1 aromatic rings. The van der Waals surface area contributed by atoms with Gasteiger partial charge in [-0.3, -0.25) is 4.79 Å². The molecule has 0 bridgehead atoms. The first-order chi connectivity index (χ1) is 7.25. The number of aryl methyl sites for hydroxylation is 1. The maximum absolute atomic E-state index is 11.8. The summed E-state index contributed by atoms with van der Waals surface area (Å²) in [4.78, 5) is 13.8. The molecule has 5 heteroatoms. The van der Waals surface area contributed by atoms with Crippen LogP contribution in [0.2, 0.25) is 0 Å². The highest BCUT2D eigenvalue weighted by Crippen LogP contribution is 2.15. The molecule has 16 heavy (non-hydrogen) atoms. The van der Waals surface area contributed by atoms with Gasteiger partial charge in [-0.25, -0.2) is 0 Å². The van der Waals surface area contributed by atoms with Crippen LogP contribution in [0.5, 0.6) is 0 Å². The van der Waals surface area contributed by atoms with Gasteiger partial charge in [-0.15, -0.1) is 23.7 Å². The zero-order valence-corrected chi connectivity index (χ0v) is 10.9. The van der Waals surface area contributed by atoms with Gasteiger partial charge in [0.15, 0.2) is 0 Å². The second-order valence-electron chi connectivity index (χ2n) is 3.93. The number of rotatable bonds is 2. The van der Waals surface area contributed by atoms with Gasteiger partial charge in [0, 0.05) is 17.5 Å². The van der Waals surface area contributed by atoms with Crippen molar-refractivity contribution >= 4 is 29.7 Å². The Morgan fingerprint density at radius 1 is 1.56 bits per heavy atom. The minimum absolute atomic E-state index is 0. The van der Waals surface area contributed by atoms with Gasteiger partial charge in [0.05, 0.1) is 4.88 Å². The molecular weight excluding hydrogens is 244 g/mol. The zero-order chi connectivity index (χ0) is 10.7. The quantitative estimate of drug-likeness (QED) is 0.854. The highest BCUT2D eigenvalue weighted by atomic mass is 35.5. The van der Waals surface area contributed by atoms with Crippen LogP contribution in [0.3, 0.4) is 0 Å². The second-order valence-corrected chi connectivity index (χ2v) is 5.21. The molecule has 0 spiro atoms. The van der Waals surface area contributed by atoms with E-state index in [2.05, 4.69) is 10.6 Å². The lowest BCUT2D eigenvalue weighted by molar-refractivity contribution is 0.0935. The summed E-state index contributed by atoms with van der Waals surface area (Å²) in [6, 6.07) is 4.18. The van der Waals surface area contributed by atoms with Crippen molar-refractivity contribution in [3.8, 4) is 0 Å². The average Bonchev–Trinajstić information content (AvgIpc) is 2.66. The molecule has 2 N–H and O–H groups in total. The van der Waals surface area contributed by atoms with Crippen molar-refractivity contribution in [2.24, 2.45) is 0 Å². The van der Waals surface area contributed by atoms with Gasteiger partial charge in [0.25, 0.3) is 5.91 Å². The van der Waals surface area contributed by atoms with E-state index in [-0.39, 0.29) is 18.3 Å². The SMILES string of the molecule is Cc1ccc(C(=O)NC2CCCNC2)s1.Cl. The third kappa shape index (κ3) is 3.47. The minimum atomic E-state index is 0. The third-order valence-electron chi connectivity index (χ3n) is 2.60. The number of nitrogens with one attached hydrogen (secondary N) is 2. The van der Waals surface area contributed by atoms with Crippen molar-refractivity contribution in [1.82, 2.24) is 10.6 Å². The van der Waals surface area contributed by atoms with E-state index in [0.717, 1.165) is 30.8 Å². The first-order valence-corrected chi connectivity index (χ1v) is 6.15. The fourth-order valence-corrected chi connectivity index (χ4v) is 2.56. The van der Waals surface area contributed by atoms with Crippen molar-refractivity contribution in [2.45, 2.75) is 25.8 Å². The smallest absolute Gasteiger partial charge is 0.261 e. The highest BCUT2D eigenvalue weighted by Gasteiger charge is 2.16. The Kier molecular flexibility index (Phi) is 5.25. The van der Waals surface area contributed by atoms with E-state index in [4.69, 9.17) is 0 Å². The van der Waals surface area contributed by atoms with E-state index >= 15 is 0 Å². The van der Waals surface area contributed by atoms with E-state index < -0.39 is 0 Å². The number of carbonyl (C=O) groups is 1. The highest BCUT2D eigenvalue weighted by molar-refractivity contribution is 7.13. The summed E-state index contributed by atoms with van der Waals surface area (Å²) in [6.07, 6.45) is 2.23. The van der Waals surface area contributed by atoms with E-state index in [1.165, 1.54) is 4.88 Å². The van der Waals surface area contributed by atoms with E-state index in [0.29, 0.717) is 6.04 Å². The molecule has 2 rings (SSSR count). The lowest BCUT2D eigenvalue weighted by Gasteiger charge is -2.23. The fourth-order valence-electron chi connectivity index (χ4n) is 1.79. The first-order valence-electron chi connectivity index (χ1n) is 5.34. The average molecular weight is 261 g/mol. The van der Waals surface area contributed by atoms with Crippen molar-refractivity contribution in [2.75, 3.05) is 13.1 Å². The third-order valence-corrected chi connectivity index (χ3v) is 3.60. The summed E-state index contributed by atoms with van der Waals surface area (Å²) < 4.78 is 0. The Morgan fingerprint density at radius 2 is 2.38 bits per heavy atom. The van der Waals surface area contributed by atoms with Crippen LogP contribution in [0, 0.1) is 6.92 Å². The largest absolute Gasteiger partial charge is 0.347 e. The summed E-state index contributed by atoms with van der Waals surface area (Å²) in [5.41, 5.74) is 0. The van der Waals surface area contributed by atoms with E-state index in [1.807, 2.05) is 19.1 Å². The van der Waals surface area contributed by atoms with Gasteiger partial charge in [-0.1, -0.05) is 0 Å². The van der Waals surface area contributed by atoms with Crippen molar-refractivity contribution in [3.05, 3.63) is 21.9 Å². The van der Waals surface area contributed by atoms with Crippen LogP contribution in [-0.2, 0) is 0 Å². The molecule has 1 aliphatic rings. The molecule has 0 aromatic carbocycles. The van der Waals surface area contributed by atoms with Crippen LogP contribution in [0.1, 0.15) is 27.4 Å². The Morgan fingerprint density at radius 3 is 2.94 bits per heavy atom. The second kappa shape index (κ2) is 6.23. The van der Waals surface area contributed by atoms with Crippen LogP contribution in [0.25, 0.3) is 0 Å². The number of thiophene rings is 1. The summed E-state index contributed by atoms with van der Waals surface area (Å²) in [5, 5.41) is 6.34. The summed E-state index contributed by atoms with van der Waals surface area (Å²) in [6.45, 7) is 3.99. The fraction of sp³-hybridized carbons (Fsp3) is 0.545. The maximum atomic E-state index is 11.8. The molecule has 0 aliphatic carbocycles. The minimum Gasteiger partial charge on any atom is -0.347 e. The van der Waals surface area contributed by atoms with Crippen LogP contribution < -0.4 is 10.6 Å². The number of amides is 1. The molecule has 1 atom stereocenters. The monoisotopic (exact) mass is 260 g/mol. The van der Waals surface area contributed by atoms with Gasteiger partial charge in [0.1, 0.15) is 0 Å². The standard InChI is InChI=1S/C11H16N2OS.ClH/c1-8-4-5-10(15-8)11(14)13-9-3-2-6-12-7-9;/h4-5,9,12H,2-3,6-7H2,1H3,(H,13,14);1H. The van der Waals surface area contributed by atoms with E-state index in [1.54, 1.807) is 11.3 Å². The molecule has 1 amide bonds. The lowest BCUT2D eigenvalue weighted by atomic mass is 10.1. The van der Waals surface area contributed by atoms with Crippen molar-refractivity contribution in [1.29, 1.82) is 0 Å². The summed E-state index contributed by atoms with van der Waals surface area (Å²) in [5.74, 6) is 0.0711. The molecule has 90 valence electrons. The molecule has 1 unspecified atom stereocenters. The molecule has 2 heterocycles. The Labute approximate surface area is 106 Å². The number of hydrogen-bond donors (Lipinski definition) is 2. The maximum Gasteiger partial charge on any atom is 0.261 e. The van der Waals surface area contributed by atoms with E-state index in [9.17, 15) is 4.79 Å². The van der Waals surface area contributed by atoms with Gasteiger partial charge >= 0.3 is 0 Å². The molecule has 0 radical (unpaired) electrons.